The summed E-state index contributed by atoms with van der Waals surface area (Å²) in [6, 6.07) is 4.58. The van der Waals surface area contributed by atoms with Crippen molar-refractivity contribution in [3.05, 3.63) is 34.4 Å². The van der Waals surface area contributed by atoms with E-state index in [4.69, 9.17) is 0 Å². The predicted octanol–water partition coefficient (Wildman–Crippen LogP) is 1.42. The van der Waals surface area contributed by atoms with Crippen molar-refractivity contribution in [3.8, 4) is 0 Å². The third-order valence-corrected chi connectivity index (χ3v) is 4.68. The molecule has 0 aliphatic heterocycles. The number of rotatable bonds is 7. The average Bonchev–Trinajstić information content (AvgIpc) is 2.45. The van der Waals surface area contributed by atoms with Crippen molar-refractivity contribution in [2.45, 2.75) is 37.2 Å². The summed E-state index contributed by atoms with van der Waals surface area (Å²) in [4.78, 5) is 9.83. The van der Waals surface area contributed by atoms with Crippen LogP contribution in [0.3, 0.4) is 0 Å². The van der Waals surface area contributed by atoms with E-state index in [-0.39, 0.29) is 17.1 Å². The highest BCUT2D eigenvalue weighted by Crippen LogP contribution is 2.17. The number of nitrogens with zero attached hydrogens (tertiary/aromatic N) is 1. The summed E-state index contributed by atoms with van der Waals surface area (Å²) in [5.74, 6) is 0. The van der Waals surface area contributed by atoms with E-state index in [2.05, 4.69) is 4.72 Å². The van der Waals surface area contributed by atoms with Crippen molar-refractivity contribution in [3.63, 3.8) is 0 Å². The molecule has 0 amide bonds. The monoisotopic (exact) mass is 302 g/mol. The lowest BCUT2D eigenvalue weighted by atomic mass is 9.98. The fourth-order valence-electron chi connectivity index (χ4n) is 1.56. The molecule has 20 heavy (non-hydrogen) atoms. The molecule has 112 valence electrons. The number of non-ortho nitro benzene ring substituents is 1. The first-order chi connectivity index (χ1) is 9.24. The average molecular weight is 302 g/mol. The van der Waals surface area contributed by atoms with E-state index in [1.54, 1.807) is 13.8 Å². The van der Waals surface area contributed by atoms with Crippen LogP contribution in [0.4, 0.5) is 5.69 Å². The molecule has 0 saturated carbocycles. The topological polar surface area (TPSA) is 110 Å². The van der Waals surface area contributed by atoms with E-state index in [0.717, 1.165) is 24.3 Å². The number of sulfonamides is 1. The minimum Gasteiger partial charge on any atom is -0.389 e. The van der Waals surface area contributed by atoms with E-state index in [1.807, 2.05) is 0 Å². The highest BCUT2D eigenvalue weighted by molar-refractivity contribution is 7.89. The van der Waals surface area contributed by atoms with Gasteiger partial charge >= 0.3 is 0 Å². The van der Waals surface area contributed by atoms with E-state index in [0.29, 0.717) is 12.8 Å². The van der Waals surface area contributed by atoms with Gasteiger partial charge < -0.3 is 5.11 Å². The molecule has 1 aromatic carbocycles. The van der Waals surface area contributed by atoms with Gasteiger partial charge in [0.2, 0.25) is 10.0 Å². The summed E-state index contributed by atoms with van der Waals surface area (Å²) in [6.45, 7) is 3.44. The molecule has 0 unspecified atom stereocenters. The van der Waals surface area contributed by atoms with Crippen LogP contribution in [0.1, 0.15) is 26.7 Å². The van der Waals surface area contributed by atoms with Gasteiger partial charge in [-0.05, 0) is 25.0 Å². The minimum atomic E-state index is -3.79. The highest BCUT2D eigenvalue weighted by Gasteiger charge is 2.25. The Morgan fingerprint density at radius 2 is 1.75 bits per heavy atom. The summed E-state index contributed by atoms with van der Waals surface area (Å²) in [7, 11) is -3.79. The maximum absolute atomic E-state index is 12.0. The molecule has 2 N–H and O–H groups in total. The van der Waals surface area contributed by atoms with Crippen molar-refractivity contribution in [2.24, 2.45) is 0 Å². The summed E-state index contributed by atoms with van der Waals surface area (Å²) in [5.41, 5.74) is -1.27. The number of hydrogen-bond donors (Lipinski definition) is 2. The predicted molar refractivity (Wildman–Crippen MR) is 73.8 cm³/mol. The third-order valence-electron chi connectivity index (χ3n) is 3.27. The summed E-state index contributed by atoms with van der Waals surface area (Å²) < 4.78 is 26.3. The minimum absolute atomic E-state index is 0.0716. The van der Waals surface area contributed by atoms with Crippen LogP contribution in [0, 0.1) is 10.1 Å². The fourth-order valence-corrected chi connectivity index (χ4v) is 2.68. The molecule has 0 spiro atoms. The quantitative estimate of drug-likeness (QED) is 0.585. The van der Waals surface area contributed by atoms with Crippen LogP contribution in [0.25, 0.3) is 0 Å². The van der Waals surface area contributed by atoms with Gasteiger partial charge in [0, 0.05) is 18.7 Å². The lowest BCUT2D eigenvalue weighted by molar-refractivity contribution is -0.384. The van der Waals surface area contributed by atoms with E-state index >= 15 is 0 Å². The van der Waals surface area contributed by atoms with E-state index < -0.39 is 20.5 Å². The van der Waals surface area contributed by atoms with Crippen LogP contribution in [-0.2, 0) is 10.0 Å². The summed E-state index contributed by atoms with van der Waals surface area (Å²) >= 11 is 0. The number of nitro benzene ring substituents is 1. The first-order valence-electron chi connectivity index (χ1n) is 6.20. The Morgan fingerprint density at radius 3 is 2.15 bits per heavy atom. The highest BCUT2D eigenvalue weighted by atomic mass is 32.2. The van der Waals surface area contributed by atoms with Crippen LogP contribution in [0.2, 0.25) is 0 Å². The van der Waals surface area contributed by atoms with Crippen LogP contribution < -0.4 is 4.72 Å². The molecule has 0 heterocycles. The van der Waals surface area contributed by atoms with E-state index in [9.17, 15) is 23.6 Å². The molecule has 0 saturated heterocycles. The van der Waals surface area contributed by atoms with Gasteiger partial charge in [-0.3, -0.25) is 10.1 Å². The van der Waals surface area contributed by atoms with Gasteiger partial charge in [-0.25, -0.2) is 13.1 Å². The Morgan fingerprint density at radius 1 is 1.25 bits per heavy atom. The van der Waals surface area contributed by atoms with Gasteiger partial charge in [0.15, 0.2) is 0 Å². The Kier molecular flexibility index (Phi) is 5.21. The van der Waals surface area contributed by atoms with Crippen LogP contribution in [0.15, 0.2) is 29.2 Å². The molecule has 0 aliphatic carbocycles. The number of nitrogens with one attached hydrogen (secondary N) is 1. The van der Waals surface area contributed by atoms with E-state index in [1.165, 1.54) is 0 Å². The first kappa shape index (κ1) is 16.5. The molecule has 0 bridgehead atoms. The van der Waals surface area contributed by atoms with Gasteiger partial charge in [0.1, 0.15) is 0 Å². The van der Waals surface area contributed by atoms with Crippen LogP contribution >= 0.6 is 0 Å². The maximum atomic E-state index is 12.0. The Labute approximate surface area is 117 Å². The van der Waals surface area contributed by atoms with Crippen molar-refractivity contribution < 1.29 is 18.4 Å². The zero-order valence-corrected chi connectivity index (χ0v) is 12.2. The standard InChI is InChI=1S/C12H18N2O5S/c1-3-12(15,4-2)9-13-20(18,19)11-7-5-10(6-8-11)14(16)17/h5-8,13,15H,3-4,9H2,1-2H3. The molecule has 0 aromatic heterocycles. The van der Waals surface area contributed by atoms with Crippen molar-refractivity contribution >= 4 is 15.7 Å². The molecular formula is C12H18N2O5S. The lowest BCUT2D eigenvalue weighted by Crippen LogP contribution is -2.41. The zero-order chi connectivity index (χ0) is 15.4. The molecule has 0 fully saturated rings. The van der Waals surface area contributed by atoms with Crippen LogP contribution in [0.5, 0.6) is 0 Å². The molecule has 0 radical (unpaired) electrons. The Balaban J connectivity index is 2.86. The lowest BCUT2D eigenvalue weighted by Gasteiger charge is -2.25. The Bertz CT molecular complexity index is 564. The van der Waals surface area contributed by atoms with Gasteiger partial charge in [-0.1, -0.05) is 13.8 Å². The molecule has 8 heteroatoms. The number of hydrogen-bond acceptors (Lipinski definition) is 5. The molecular weight excluding hydrogens is 284 g/mol. The third kappa shape index (κ3) is 3.99. The van der Waals surface area contributed by atoms with Crippen LogP contribution in [-0.4, -0.2) is 30.6 Å². The van der Waals surface area contributed by atoms with Gasteiger partial charge in [0.05, 0.1) is 15.4 Å². The smallest absolute Gasteiger partial charge is 0.269 e. The maximum Gasteiger partial charge on any atom is 0.269 e. The number of nitro groups is 1. The number of aliphatic hydroxyl groups is 1. The molecule has 0 atom stereocenters. The molecule has 1 aromatic rings. The normalized spacial score (nSPS) is 12.3. The molecule has 0 aliphatic rings. The second-order valence-electron chi connectivity index (χ2n) is 4.51. The first-order valence-corrected chi connectivity index (χ1v) is 7.69. The fraction of sp³-hybridized carbons (Fsp3) is 0.500. The zero-order valence-electron chi connectivity index (χ0n) is 11.4. The van der Waals surface area contributed by atoms with Crippen molar-refractivity contribution in [1.82, 2.24) is 4.72 Å². The van der Waals surface area contributed by atoms with Crippen molar-refractivity contribution in [2.75, 3.05) is 6.54 Å². The second kappa shape index (κ2) is 6.29. The summed E-state index contributed by atoms with van der Waals surface area (Å²) in [5, 5.41) is 20.5. The summed E-state index contributed by atoms with van der Waals surface area (Å²) in [6.07, 6.45) is 0.846. The van der Waals surface area contributed by atoms with Gasteiger partial charge in [-0.15, -0.1) is 0 Å². The number of benzene rings is 1. The largest absolute Gasteiger partial charge is 0.389 e. The Hall–Kier alpha value is -1.51. The van der Waals surface area contributed by atoms with Gasteiger partial charge in [0.25, 0.3) is 5.69 Å². The SMILES string of the molecule is CCC(O)(CC)CNS(=O)(=O)c1ccc([N+](=O)[O-])cc1. The van der Waals surface area contributed by atoms with Crippen molar-refractivity contribution in [1.29, 1.82) is 0 Å². The molecule has 1 rings (SSSR count). The second-order valence-corrected chi connectivity index (χ2v) is 6.27. The molecule has 7 nitrogen and oxygen atoms in total. The van der Waals surface area contributed by atoms with Gasteiger partial charge in [-0.2, -0.15) is 0 Å².